The molecule has 0 aliphatic rings. The van der Waals surface area contributed by atoms with Crippen LogP contribution >= 0.6 is 23.2 Å². The Balaban J connectivity index is 1.87. The standard InChI is InChI=1S/C20H15Cl2FN2O2/c1-12(13-6-3-2-4-7-13)25-19(26)15-10-14(21)11-24-20(15)27-17-9-5-8-16(22)18(17)23/h2-12H,1H3,(H,25,26)/t12-/m0/s1. The van der Waals surface area contributed by atoms with E-state index in [0.717, 1.165) is 5.56 Å². The maximum Gasteiger partial charge on any atom is 0.257 e. The smallest absolute Gasteiger partial charge is 0.257 e. The molecule has 0 saturated carbocycles. The topological polar surface area (TPSA) is 51.2 Å². The Kier molecular flexibility index (Phi) is 5.94. The van der Waals surface area contributed by atoms with Gasteiger partial charge in [-0.1, -0.05) is 59.6 Å². The van der Waals surface area contributed by atoms with Crippen LogP contribution in [-0.2, 0) is 0 Å². The summed E-state index contributed by atoms with van der Waals surface area (Å²) in [7, 11) is 0. The monoisotopic (exact) mass is 404 g/mol. The van der Waals surface area contributed by atoms with E-state index in [-0.39, 0.29) is 33.3 Å². The quantitative estimate of drug-likeness (QED) is 0.583. The van der Waals surface area contributed by atoms with Crippen molar-refractivity contribution in [2.75, 3.05) is 0 Å². The zero-order chi connectivity index (χ0) is 19.4. The zero-order valence-corrected chi connectivity index (χ0v) is 15.8. The number of halogens is 3. The van der Waals surface area contributed by atoms with Crippen LogP contribution in [0.5, 0.6) is 11.6 Å². The van der Waals surface area contributed by atoms with Crippen molar-refractivity contribution < 1.29 is 13.9 Å². The van der Waals surface area contributed by atoms with Gasteiger partial charge in [0.25, 0.3) is 5.91 Å². The Hall–Kier alpha value is -2.63. The van der Waals surface area contributed by atoms with Crippen molar-refractivity contribution in [2.45, 2.75) is 13.0 Å². The number of carbonyl (C=O) groups is 1. The van der Waals surface area contributed by atoms with Gasteiger partial charge in [-0.05, 0) is 30.7 Å². The van der Waals surface area contributed by atoms with Crippen molar-refractivity contribution in [1.82, 2.24) is 10.3 Å². The van der Waals surface area contributed by atoms with E-state index >= 15 is 0 Å². The van der Waals surface area contributed by atoms with Gasteiger partial charge in [-0.15, -0.1) is 0 Å². The van der Waals surface area contributed by atoms with E-state index in [1.807, 2.05) is 37.3 Å². The van der Waals surface area contributed by atoms with Crippen LogP contribution in [0.25, 0.3) is 0 Å². The summed E-state index contributed by atoms with van der Waals surface area (Å²) in [6, 6.07) is 15.0. The number of hydrogen-bond acceptors (Lipinski definition) is 3. The normalized spacial score (nSPS) is 11.7. The van der Waals surface area contributed by atoms with Crippen molar-refractivity contribution in [1.29, 1.82) is 0 Å². The molecular weight excluding hydrogens is 390 g/mol. The lowest BCUT2D eigenvalue weighted by molar-refractivity contribution is 0.0936. The first-order valence-corrected chi connectivity index (χ1v) is 8.84. The van der Waals surface area contributed by atoms with Gasteiger partial charge in [0.05, 0.1) is 16.1 Å². The van der Waals surface area contributed by atoms with Crippen LogP contribution in [0.2, 0.25) is 10.0 Å². The van der Waals surface area contributed by atoms with Gasteiger partial charge in [0, 0.05) is 6.20 Å². The van der Waals surface area contributed by atoms with Crippen molar-refractivity contribution in [3.63, 3.8) is 0 Å². The number of pyridine rings is 1. The highest BCUT2D eigenvalue weighted by Crippen LogP contribution is 2.30. The number of benzene rings is 2. The predicted molar refractivity (Wildman–Crippen MR) is 103 cm³/mol. The summed E-state index contributed by atoms with van der Waals surface area (Å²) in [6.07, 6.45) is 1.32. The molecule has 7 heteroatoms. The molecule has 0 fully saturated rings. The number of ether oxygens (including phenoxy) is 1. The molecule has 1 aromatic heterocycles. The number of hydrogen-bond donors (Lipinski definition) is 1. The molecule has 1 N–H and O–H groups in total. The second-order valence-electron chi connectivity index (χ2n) is 5.77. The van der Waals surface area contributed by atoms with Crippen molar-refractivity contribution in [3.05, 3.63) is 87.8 Å². The Morgan fingerprint density at radius 3 is 2.63 bits per heavy atom. The fraction of sp³-hybridized carbons (Fsp3) is 0.100. The number of nitrogens with zero attached hydrogens (tertiary/aromatic N) is 1. The summed E-state index contributed by atoms with van der Waals surface area (Å²) >= 11 is 11.7. The average molecular weight is 405 g/mol. The highest BCUT2D eigenvalue weighted by molar-refractivity contribution is 6.31. The van der Waals surface area contributed by atoms with Gasteiger partial charge in [-0.25, -0.2) is 9.37 Å². The van der Waals surface area contributed by atoms with Crippen LogP contribution in [-0.4, -0.2) is 10.9 Å². The maximum atomic E-state index is 14.1. The van der Waals surface area contributed by atoms with E-state index in [1.165, 1.54) is 30.5 Å². The van der Waals surface area contributed by atoms with Crippen molar-refractivity contribution in [2.24, 2.45) is 0 Å². The number of rotatable bonds is 5. The molecule has 0 saturated heterocycles. The number of carbonyl (C=O) groups excluding carboxylic acids is 1. The molecular formula is C20H15Cl2FN2O2. The molecule has 0 bridgehead atoms. The maximum absolute atomic E-state index is 14.1. The lowest BCUT2D eigenvalue weighted by Gasteiger charge is -2.16. The molecule has 1 heterocycles. The molecule has 1 atom stereocenters. The minimum atomic E-state index is -0.736. The first-order valence-electron chi connectivity index (χ1n) is 8.09. The second-order valence-corrected chi connectivity index (χ2v) is 6.61. The SMILES string of the molecule is C[C@H](NC(=O)c1cc(Cl)cnc1Oc1cccc(Cl)c1F)c1ccccc1. The summed E-state index contributed by atoms with van der Waals surface area (Å²) in [6.45, 7) is 1.85. The zero-order valence-electron chi connectivity index (χ0n) is 14.2. The van der Waals surface area contributed by atoms with Gasteiger partial charge in [0.2, 0.25) is 5.88 Å². The molecule has 0 aliphatic carbocycles. The molecule has 0 radical (unpaired) electrons. The lowest BCUT2D eigenvalue weighted by atomic mass is 10.1. The van der Waals surface area contributed by atoms with Crippen LogP contribution in [0.15, 0.2) is 60.8 Å². The Bertz CT molecular complexity index is 967. The third-order valence-corrected chi connectivity index (χ3v) is 4.33. The molecule has 0 unspecified atom stereocenters. The minimum Gasteiger partial charge on any atom is -0.435 e. The first kappa shape index (κ1) is 19.1. The van der Waals surface area contributed by atoms with E-state index in [0.29, 0.717) is 0 Å². The highest BCUT2D eigenvalue weighted by atomic mass is 35.5. The Morgan fingerprint density at radius 2 is 1.89 bits per heavy atom. The van der Waals surface area contributed by atoms with Gasteiger partial charge in [0.1, 0.15) is 5.56 Å². The summed E-state index contributed by atoms with van der Waals surface area (Å²) in [4.78, 5) is 16.8. The summed E-state index contributed by atoms with van der Waals surface area (Å²) < 4.78 is 19.6. The van der Waals surface area contributed by atoms with Gasteiger partial charge in [0.15, 0.2) is 11.6 Å². The Morgan fingerprint density at radius 1 is 1.15 bits per heavy atom. The van der Waals surface area contributed by atoms with E-state index in [9.17, 15) is 9.18 Å². The Labute approximate surface area is 165 Å². The minimum absolute atomic E-state index is 0.0710. The molecule has 3 aromatic rings. The third-order valence-electron chi connectivity index (χ3n) is 3.83. The molecule has 1 amide bonds. The van der Waals surface area contributed by atoms with Gasteiger partial charge < -0.3 is 10.1 Å². The van der Waals surface area contributed by atoms with Crippen LogP contribution in [0.1, 0.15) is 28.9 Å². The van der Waals surface area contributed by atoms with E-state index < -0.39 is 11.7 Å². The van der Waals surface area contributed by atoms with Crippen LogP contribution in [0.3, 0.4) is 0 Å². The number of amides is 1. The van der Waals surface area contributed by atoms with Crippen molar-refractivity contribution in [3.8, 4) is 11.6 Å². The van der Waals surface area contributed by atoms with Gasteiger partial charge in [-0.3, -0.25) is 4.79 Å². The molecule has 0 aliphatic heterocycles. The first-order chi connectivity index (χ1) is 13.0. The van der Waals surface area contributed by atoms with Gasteiger partial charge >= 0.3 is 0 Å². The largest absolute Gasteiger partial charge is 0.435 e. The summed E-state index contributed by atoms with van der Waals surface area (Å²) in [5, 5.41) is 3.02. The van der Waals surface area contributed by atoms with E-state index in [2.05, 4.69) is 10.3 Å². The lowest BCUT2D eigenvalue weighted by Crippen LogP contribution is -2.27. The third kappa shape index (κ3) is 4.56. The van der Waals surface area contributed by atoms with Gasteiger partial charge in [-0.2, -0.15) is 0 Å². The van der Waals surface area contributed by atoms with Crippen LogP contribution < -0.4 is 10.1 Å². The highest BCUT2D eigenvalue weighted by Gasteiger charge is 2.19. The van der Waals surface area contributed by atoms with Crippen molar-refractivity contribution >= 4 is 29.1 Å². The molecule has 4 nitrogen and oxygen atoms in total. The number of nitrogens with one attached hydrogen (secondary N) is 1. The van der Waals surface area contributed by atoms with Crippen LogP contribution in [0.4, 0.5) is 4.39 Å². The summed E-state index contributed by atoms with van der Waals surface area (Å²) in [5.41, 5.74) is 1.02. The molecule has 3 rings (SSSR count). The predicted octanol–water partition coefficient (Wildman–Crippen LogP) is 5.81. The second kappa shape index (κ2) is 8.37. The fourth-order valence-electron chi connectivity index (χ4n) is 2.44. The van der Waals surface area contributed by atoms with E-state index in [1.54, 1.807) is 0 Å². The molecule has 0 spiro atoms. The number of aromatic nitrogens is 1. The van der Waals surface area contributed by atoms with Crippen LogP contribution in [0, 0.1) is 5.82 Å². The summed E-state index contributed by atoms with van der Waals surface area (Å²) in [5.74, 6) is -1.39. The fourth-order valence-corrected chi connectivity index (χ4v) is 2.76. The average Bonchev–Trinajstić information content (AvgIpc) is 2.67. The molecule has 2 aromatic carbocycles. The molecule has 138 valence electrons. The van der Waals surface area contributed by atoms with E-state index in [4.69, 9.17) is 27.9 Å². The molecule has 27 heavy (non-hydrogen) atoms.